The van der Waals surface area contributed by atoms with Crippen molar-refractivity contribution >= 4 is 0 Å². The van der Waals surface area contributed by atoms with Gasteiger partial charge in [-0.1, -0.05) is 36.8 Å². The average molecular weight is 212 g/mol. The van der Waals surface area contributed by atoms with Crippen LogP contribution in [0.3, 0.4) is 0 Å². The molecule has 0 saturated carbocycles. The summed E-state index contributed by atoms with van der Waals surface area (Å²) in [6.07, 6.45) is 8.57. The molecule has 0 atom stereocenters. The molecule has 0 unspecified atom stereocenters. The second-order valence-electron chi connectivity index (χ2n) is 4.22. The van der Waals surface area contributed by atoms with E-state index in [1.807, 2.05) is 0 Å². The van der Waals surface area contributed by atoms with E-state index in [0.717, 1.165) is 62.5 Å². The molecule has 0 radical (unpaired) electrons. The maximum Gasteiger partial charge on any atom is 0.00924 e. The highest BCUT2D eigenvalue weighted by Crippen LogP contribution is 2.09. The van der Waals surface area contributed by atoms with Gasteiger partial charge in [0.25, 0.3) is 0 Å². The number of allylic oxidation sites excluding steroid dienone is 2. The summed E-state index contributed by atoms with van der Waals surface area (Å²) in [7, 11) is 0. The van der Waals surface area contributed by atoms with E-state index in [-0.39, 0.29) is 0 Å². The second kappa shape index (κ2) is 7.84. The summed E-state index contributed by atoms with van der Waals surface area (Å²) in [6.45, 7) is 7.94. The van der Waals surface area contributed by atoms with Crippen LogP contribution in [0.2, 0.25) is 0 Å². The molecule has 0 aromatic carbocycles. The zero-order valence-corrected chi connectivity index (χ0v) is 10.1. The van der Waals surface area contributed by atoms with E-state index >= 15 is 0 Å². The molecule has 0 bridgehead atoms. The minimum absolute atomic E-state index is 0.972. The Morgan fingerprint density at radius 3 is 1.56 bits per heavy atom. The molecular formula is C16H20. The number of rotatable bonds is 0. The van der Waals surface area contributed by atoms with Gasteiger partial charge in [0, 0.05) is 12.8 Å². The van der Waals surface area contributed by atoms with Gasteiger partial charge in [-0.05, 0) is 49.7 Å². The molecule has 16 heavy (non-hydrogen) atoms. The van der Waals surface area contributed by atoms with Crippen LogP contribution in [0.1, 0.15) is 51.4 Å². The molecule has 0 nitrogen and oxygen atoms in total. The lowest BCUT2D eigenvalue weighted by Gasteiger charge is -1.99. The molecule has 0 N–H and O–H groups in total. The predicted octanol–water partition coefficient (Wildman–Crippen LogP) is 4.24. The van der Waals surface area contributed by atoms with Crippen LogP contribution >= 0.6 is 0 Å². The van der Waals surface area contributed by atoms with Crippen molar-refractivity contribution in [2.45, 2.75) is 51.4 Å². The maximum absolute atomic E-state index is 3.97. The Labute approximate surface area is 99.8 Å². The quantitative estimate of drug-likeness (QED) is 0.527. The van der Waals surface area contributed by atoms with Crippen molar-refractivity contribution < 1.29 is 0 Å². The molecule has 0 fully saturated rings. The first kappa shape index (κ1) is 12.7. The van der Waals surface area contributed by atoms with Gasteiger partial charge in [0.05, 0.1) is 0 Å². The lowest BCUT2D eigenvalue weighted by atomic mass is 10.1. The minimum Gasteiger partial charge on any atom is -0.0983 e. The van der Waals surface area contributed by atoms with Crippen LogP contribution in [0.25, 0.3) is 0 Å². The molecule has 84 valence electrons. The zero-order valence-electron chi connectivity index (χ0n) is 10.1. The fraction of sp³-hybridized carbons (Fsp3) is 0.500. The van der Waals surface area contributed by atoms with Crippen LogP contribution in [-0.4, -0.2) is 0 Å². The summed E-state index contributed by atoms with van der Waals surface area (Å²) >= 11 is 0. The van der Waals surface area contributed by atoms with Gasteiger partial charge in [-0.3, -0.25) is 0 Å². The van der Waals surface area contributed by atoms with Crippen molar-refractivity contribution in [1.82, 2.24) is 0 Å². The van der Waals surface area contributed by atoms with Crippen molar-refractivity contribution in [3.05, 3.63) is 24.3 Å². The van der Waals surface area contributed by atoms with Gasteiger partial charge in [0.15, 0.2) is 0 Å². The van der Waals surface area contributed by atoms with E-state index in [0.29, 0.717) is 0 Å². The first-order chi connectivity index (χ1) is 7.79. The summed E-state index contributed by atoms with van der Waals surface area (Å²) in [5, 5.41) is 0. The fourth-order valence-corrected chi connectivity index (χ4v) is 1.60. The summed E-state index contributed by atoms with van der Waals surface area (Å²) < 4.78 is 0. The van der Waals surface area contributed by atoms with Crippen LogP contribution < -0.4 is 0 Å². The van der Waals surface area contributed by atoms with E-state index in [1.54, 1.807) is 0 Å². The molecule has 0 heteroatoms. The highest BCUT2D eigenvalue weighted by molar-refractivity contribution is 5.26. The molecule has 1 rings (SSSR count). The normalized spacial score (nSPS) is 18.8. The largest absolute Gasteiger partial charge is 0.0983 e. The first-order valence-corrected chi connectivity index (χ1v) is 6.12. The van der Waals surface area contributed by atoms with Crippen molar-refractivity contribution in [2.75, 3.05) is 0 Å². The standard InChI is InChI=1S/C16H20/c1-15-11-7-3-5-9-13-16(2)14-10-6-4-8-12-15/h1-7,10-11,14H2. The summed E-state index contributed by atoms with van der Waals surface area (Å²) in [5.41, 5.74) is 2.16. The Morgan fingerprint density at radius 1 is 0.688 bits per heavy atom. The molecule has 0 saturated heterocycles. The van der Waals surface area contributed by atoms with E-state index in [4.69, 9.17) is 0 Å². The summed E-state index contributed by atoms with van der Waals surface area (Å²) in [4.78, 5) is 0. The third-order valence-electron chi connectivity index (χ3n) is 2.59. The van der Waals surface area contributed by atoms with E-state index in [1.165, 1.54) is 0 Å². The van der Waals surface area contributed by atoms with E-state index in [2.05, 4.69) is 36.8 Å². The van der Waals surface area contributed by atoms with Gasteiger partial charge in [-0.2, -0.15) is 0 Å². The van der Waals surface area contributed by atoms with Gasteiger partial charge in [0.1, 0.15) is 0 Å². The molecule has 0 aromatic heterocycles. The number of hydrogen-bond donors (Lipinski definition) is 0. The number of hydrogen-bond acceptors (Lipinski definition) is 0. The van der Waals surface area contributed by atoms with Gasteiger partial charge < -0.3 is 0 Å². The lowest BCUT2D eigenvalue weighted by molar-refractivity contribution is 0.753. The van der Waals surface area contributed by atoms with Gasteiger partial charge in [-0.25, -0.2) is 0 Å². The third kappa shape index (κ3) is 6.15. The second-order valence-corrected chi connectivity index (χ2v) is 4.22. The molecule has 0 aliphatic heterocycles. The Bertz CT molecular complexity index is 324. The highest BCUT2D eigenvalue weighted by Gasteiger charge is 1.93. The lowest BCUT2D eigenvalue weighted by Crippen LogP contribution is -1.83. The van der Waals surface area contributed by atoms with Gasteiger partial charge in [-0.15, -0.1) is 0 Å². The van der Waals surface area contributed by atoms with Gasteiger partial charge >= 0.3 is 0 Å². The maximum atomic E-state index is 3.97. The van der Waals surface area contributed by atoms with E-state index < -0.39 is 0 Å². The van der Waals surface area contributed by atoms with Crippen LogP contribution in [0.5, 0.6) is 0 Å². The van der Waals surface area contributed by atoms with Crippen LogP contribution in [0.4, 0.5) is 0 Å². The topological polar surface area (TPSA) is 0 Å². The van der Waals surface area contributed by atoms with E-state index in [9.17, 15) is 0 Å². The molecule has 0 aromatic rings. The Kier molecular flexibility index (Phi) is 6.20. The van der Waals surface area contributed by atoms with Gasteiger partial charge in [0.2, 0.25) is 0 Å². The molecule has 0 spiro atoms. The molecule has 1 aliphatic carbocycles. The van der Waals surface area contributed by atoms with Crippen molar-refractivity contribution in [2.24, 2.45) is 0 Å². The molecule has 0 heterocycles. The Morgan fingerprint density at radius 2 is 1.12 bits per heavy atom. The zero-order chi connectivity index (χ0) is 11.6. The monoisotopic (exact) mass is 212 g/mol. The summed E-state index contributed by atoms with van der Waals surface area (Å²) in [6, 6.07) is 0. The predicted molar refractivity (Wildman–Crippen MR) is 70.8 cm³/mol. The smallest absolute Gasteiger partial charge is 0.00924 e. The molecule has 0 amide bonds. The molecular weight excluding hydrogens is 192 g/mol. The summed E-state index contributed by atoms with van der Waals surface area (Å²) in [5.74, 6) is 12.7. The first-order valence-electron chi connectivity index (χ1n) is 6.12. The van der Waals surface area contributed by atoms with Crippen molar-refractivity contribution in [3.8, 4) is 23.7 Å². The SMILES string of the molecule is C=C1C#CCCCCC(=C)C#CCCCC1. The third-order valence-corrected chi connectivity index (χ3v) is 2.59. The molecule has 1 aliphatic rings. The van der Waals surface area contributed by atoms with Crippen LogP contribution in [0.15, 0.2) is 24.3 Å². The fourth-order valence-electron chi connectivity index (χ4n) is 1.60. The van der Waals surface area contributed by atoms with Crippen LogP contribution in [0, 0.1) is 23.7 Å². The van der Waals surface area contributed by atoms with Crippen LogP contribution in [-0.2, 0) is 0 Å². The van der Waals surface area contributed by atoms with Crippen molar-refractivity contribution in [3.63, 3.8) is 0 Å². The average Bonchev–Trinajstić information content (AvgIpc) is 2.27. The Hall–Kier alpha value is -1.40. The minimum atomic E-state index is 0.972. The highest BCUT2D eigenvalue weighted by atomic mass is 14.0. The van der Waals surface area contributed by atoms with Crippen molar-refractivity contribution in [1.29, 1.82) is 0 Å². The Balaban J connectivity index is 2.46.